The number of hydrogen-bond donors (Lipinski definition) is 0. The first kappa shape index (κ1) is 19.4. The van der Waals surface area contributed by atoms with E-state index in [1.807, 2.05) is 24.5 Å². The molecule has 0 amide bonds. The molecule has 3 aromatic heterocycles. The first-order valence-electron chi connectivity index (χ1n) is 12.1. The molecule has 36 heavy (non-hydrogen) atoms. The predicted octanol–water partition coefficient (Wildman–Crippen LogP) is 8.87. The third kappa shape index (κ3) is 2.71. The summed E-state index contributed by atoms with van der Waals surface area (Å²) in [5, 5.41) is 5.92. The number of rotatable bonds is 2. The zero-order valence-corrected chi connectivity index (χ0v) is 19.3. The highest BCUT2D eigenvalue weighted by Gasteiger charge is 2.13. The first-order chi connectivity index (χ1) is 17.8. The fraction of sp³-hybridized carbons (Fsp3) is 0. The number of fused-ring (bicyclic) bond motifs is 9. The van der Waals surface area contributed by atoms with Crippen molar-refractivity contribution < 1.29 is 4.42 Å². The van der Waals surface area contributed by atoms with Crippen LogP contribution in [0.3, 0.4) is 0 Å². The monoisotopic (exact) mass is 460 g/mol. The highest BCUT2D eigenvalue weighted by atomic mass is 16.3. The quantitative estimate of drug-likeness (QED) is 0.241. The minimum absolute atomic E-state index is 0.923. The van der Waals surface area contributed by atoms with Crippen LogP contribution in [0.25, 0.3) is 71.5 Å². The Kier molecular flexibility index (Phi) is 3.94. The lowest BCUT2D eigenvalue weighted by Crippen LogP contribution is -1.91. The van der Waals surface area contributed by atoms with Gasteiger partial charge in [-0.3, -0.25) is 4.40 Å². The molecule has 0 aliphatic rings. The van der Waals surface area contributed by atoms with Crippen LogP contribution in [0.4, 0.5) is 0 Å². The summed E-state index contributed by atoms with van der Waals surface area (Å²) in [6.07, 6.45) is 3.91. The Hall–Kier alpha value is -4.89. The Morgan fingerprint density at radius 2 is 1.28 bits per heavy atom. The molecule has 0 N–H and O–H groups in total. The van der Waals surface area contributed by atoms with E-state index in [-0.39, 0.29) is 0 Å². The van der Waals surface area contributed by atoms with E-state index < -0.39 is 0 Å². The third-order valence-electron chi connectivity index (χ3n) is 7.29. The molecule has 3 heteroatoms. The van der Waals surface area contributed by atoms with Gasteiger partial charge in [-0.1, -0.05) is 91.0 Å². The Labute approximate surface area is 206 Å². The van der Waals surface area contributed by atoms with Crippen molar-refractivity contribution in [2.45, 2.75) is 0 Å². The summed E-state index contributed by atoms with van der Waals surface area (Å²) >= 11 is 0. The molecule has 0 saturated heterocycles. The largest absolute Gasteiger partial charge is 0.455 e. The topological polar surface area (TPSA) is 30.4 Å². The Bertz CT molecular complexity index is 2100. The van der Waals surface area contributed by atoms with Gasteiger partial charge in [-0.05, 0) is 40.3 Å². The van der Waals surface area contributed by atoms with Crippen LogP contribution in [0.15, 0.2) is 126 Å². The number of furan rings is 1. The van der Waals surface area contributed by atoms with E-state index in [2.05, 4.69) is 106 Å². The van der Waals surface area contributed by atoms with Gasteiger partial charge in [-0.25, -0.2) is 4.98 Å². The minimum Gasteiger partial charge on any atom is -0.455 e. The van der Waals surface area contributed by atoms with E-state index in [0.717, 1.165) is 44.2 Å². The Morgan fingerprint density at radius 1 is 0.556 bits per heavy atom. The Balaban J connectivity index is 1.27. The number of imidazole rings is 1. The van der Waals surface area contributed by atoms with Crippen molar-refractivity contribution in [1.29, 1.82) is 0 Å². The summed E-state index contributed by atoms with van der Waals surface area (Å²) in [7, 11) is 0. The molecule has 3 nitrogen and oxygen atoms in total. The zero-order chi connectivity index (χ0) is 23.6. The highest BCUT2D eigenvalue weighted by molar-refractivity contribution is 6.13. The number of aromatic nitrogens is 2. The van der Waals surface area contributed by atoms with E-state index in [1.165, 1.54) is 27.3 Å². The number of para-hydroxylation sites is 2. The molecular formula is C33H20N2O. The van der Waals surface area contributed by atoms with Crippen molar-refractivity contribution in [3.63, 3.8) is 0 Å². The van der Waals surface area contributed by atoms with Crippen LogP contribution in [-0.4, -0.2) is 9.38 Å². The van der Waals surface area contributed by atoms with Gasteiger partial charge < -0.3 is 4.42 Å². The summed E-state index contributed by atoms with van der Waals surface area (Å²) in [6.45, 7) is 0. The average Bonchev–Trinajstić information content (AvgIpc) is 3.59. The van der Waals surface area contributed by atoms with Crippen LogP contribution in [0, 0.1) is 0 Å². The van der Waals surface area contributed by atoms with Crippen molar-refractivity contribution in [2.75, 3.05) is 0 Å². The van der Waals surface area contributed by atoms with Crippen molar-refractivity contribution in [1.82, 2.24) is 9.38 Å². The summed E-state index contributed by atoms with van der Waals surface area (Å²) in [4.78, 5) is 4.61. The van der Waals surface area contributed by atoms with Crippen LogP contribution in [-0.2, 0) is 0 Å². The molecule has 0 aliphatic heterocycles. The van der Waals surface area contributed by atoms with Gasteiger partial charge in [0.25, 0.3) is 0 Å². The molecule has 8 rings (SSSR count). The van der Waals surface area contributed by atoms with E-state index >= 15 is 0 Å². The molecule has 0 bridgehead atoms. The van der Waals surface area contributed by atoms with Gasteiger partial charge in [0.15, 0.2) is 0 Å². The molecule has 0 fully saturated rings. The molecule has 0 unspecified atom stereocenters. The molecule has 0 spiro atoms. The van der Waals surface area contributed by atoms with Crippen molar-refractivity contribution >= 4 is 49.3 Å². The summed E-state index contributed by atoms with van der Waals surface area (Å²) < 4.78 is 8.44. The lowest BCUT2D eigenvalue weighted by Gasteiger charge is -2.11. The van der Waals surface area contributed by atoms with Crippen LogP contribution in [0.2, 0.25) is 0 Å². The van der Waals surface area contributed by atoms with Crippen molar-refractivity contribution in [2.24, 2.45) is 0 Å². The standard InChI is InChI=1S/C33H20N2O/c1-2-8-28-25(6-1)29-20-23(16-17-30(29)35-19-18-34-33(28)35)21-12-14-22(15-13-21)24-9-5-10-27-26-7-3-4-11-31(26)36-32(24)27/h1-20H. The van der Waals surface area contributed by atoms with Crippen LogP contribution in [0.5, 0.6) is 0 Å². The van der Waals surface area contributed by atoms with Gasteiger partial charge >= 0.3 is 0 Å². The summed E-state index contributed by atoms with van der Waals surface area (Å²) in [5.74, 6) is 0. The second-order valence-electron chi connectivity index (χ2n) is 9.26. The molecule has 0 aliphatic carbocycles. The van der Waals surface area contributed by atoms with Gasteiger partial charge in [0.05, 0.1) is 5.52 Å². The van der Waals surface area contributed by atoms with Crippen LogP contribution < -0.4 is 0 Å². The van der Waals surface area contributed by atoms with Gasteiger partial charge in [0.1, 0.15) is 16.8 Å². The van der Waals surface area contributed by atoms with E-state index in [1.54, 1.807) is 0 Å². The Morgan fingerprint density at radius 3 is 2.17 bits per heavy atom. The molecular weight excluding hydrogens is 440 g/mol. The smallest absolute Gasteiger partial charge is 0.145 e. The second kappa shape index (κ2) is 7.30. The number of pyridine rings is 1. The molecule has 5 aromatic carbocycles. The predicted molar refractivity (Wildman–Crippen MR) is 148 cm³/mol. The molecule has 0 atom stereocenters. The number of nitrogens with zero attached hydrogens (tertiary/aromatic N) is 2. The fourth-order valence-electron chi connectivity index (χ4n) is 5.57. The second-order valence-corrected chi connectivity index (χ2v) is 9.26. The number of hydrogen-bond acceptors (Lipinski definition) is 2. The van der Waals surface area contributed by atoms with Gasteiger partial charge in [-0.2, -0.15) is 0 Å². The average molecular weight is 461 g/mol. The summed E-state index contributed by atoms with van der Waals surface area (Å²) in [6, 6.07) is 38.6. The van der Waals surface area contributed by atoms with Crippen molar-refractivity contribution in [3.05, 3.63) is 122 Å². The SMILES string of the molecule is c1ccc2c(c1)oc1c(-c3ccc(-c4ccc5c(c4)c4ccccc4c4nccn54)cc3)cccc12. The van der Waals surface area contributed by atoms with Gasteiger partial charge in [0, 0.05) is 39.5 Å². The van der Waals surface area contributed by atoms with Crippen molar-refractivity contribution in [3.8, 4) is 22.3 Å². The van der Waals surface area contributed by atoms with E-state index in [4.69, 9.17) is 4.42 Å². The van der Waals surface area contributed by atoms with Gasteiger partial charge in [-0.15, -0.1) is 0 Å². The lowest BCUT2D eigenvalue weighted by molar-refractivity contribution is 0.670. The normalized spacial score (nSPS) is 11.9. The molecule has 0 radical (unpaired) electrons. The fourth-order valence-corrected chi connectivity index (χ4v) is 5.57. The maximum Gasteiger partial charge on any atom is 0.145 e. The van der Waals surface area contributed by atoms with Gasteiger partial charge in [0.2, 0.25) is 0 Å². The lowest BCUT2D eigenvalue weighted by atomic mass is 9.97. The molecule has 3 heterocycles. The zero-order valence-electron chi connectivity index (χ0n) is 19.3. The first-order valence-corrected chi connectivity index (χ1v) is 12.1. The number of benzene rings is 5. The van der Waals surface area contributed by atoms with E-state index in [0.29, 0.717) is 0 Å². The highest BCUT2D eigenvalue weighted by Crippen LogP contribution is 2.37. The summed E-state index contributed by atoms with van der Waals surface area (Å²) in [5.41, 5.74) is 8.66. The maximum atomic E-state index is 6.26. The van der Waals surface area contributed by atoms with Crippen LogP contribution >= 0.6 is 0 Å². The molecule has 168 valence electrons. The third-order valence-corrected chi connectivity index (χ3v) is 7.29. The maximum absolute atomic E-state index is 6.26. The minimum atomic E-state index is 0.923. The molecule has 0 saturated carbocycles. The molecule has 8 aromatic rings. The van der Waals surface area contributed by atoms with Crippen LogP contribution in [0.1, 0.15) is 0 Å². The van der Waals surface area contributed by atoms with E-state index in [9.17, 15) is 0 Å².